The van der Waals surface area contributed by atoms with Gasteiger partial charge in [-0.1, -0.05) is 12.1 Å². The summed E-state index contributed by atoms with van der Waals surface area (Å²) in [7, 11) is 0. The Morgan fingerprint density at radius 3 is 2.43 bits per heavy atom. The number of anilines is 1. The minimum absolute atomic E-state index is 0.0949. The van der Waals surface area contributed by atoms with E-state index in [9.17, 15) is 4.79 Å². The van der Waals surface area contributed by atoms with Crippen molar-refractivity contribution >= 4 is 11.6 Å². The van der Waals surface area contributed by atoms with Gasteiger partial charge in [-0.15, -0.1) is 0 Å². The number of ether oxygens (including phenoxy) is 2. The number of morpholine rings is 1. The van der Waals surface area contributed by atoms with Crippen LogP contribution in [0.5, 0.6) is 11.5 Å². The molecule has 1 atom stereocenters. The molecule has 1 saturated heterocycles. The molecular formula is C24H25N3O3. The van der Waals surface area contributed by atoms with E-state index >= 15 is 0 Å². The molecule has 1 N–H and O–H groups in total. The van der Waals surface area contributed by atoms with Crippen LogP contribution in [0.15, 0.2) is 73.1 Å². The average molecular weight is 403 g/mol. The smallest absolute Gasteiger partial charge is 0.251 e. The molecule has 4 rings (SSSR count). The molecule has 154 valence electrons. The van der Waals surface area contributed by atoms with Crippen molar-refractivity contribution in [3.63, 3.8) is 0 Å². The lowest BCUT2D eigenvalue weighted by Gasteiger charge is -2.29. The second-order valence-corrected chi connectivity index (χ2v) is 7.20. The largest absolute Gasteiger partial charge is 0.456 e. The van der Waals surface area contributed by atoms with Crippen LogP contribution in [-0.4, -0.2) is 37.2 Å². The minimum Gasteiger partial charge on any atom is -0.456 e. The van der Waals surface area contributed by atoms with Crippen molar-refractivity contribution in [3.8, 4) is 11.5 Å². The highest BCUT2D eigenvalue weighted by molar-refractivity contribution is 5.94. The zero-order chi connectivity index (χ0) is 20.8. The Hall–Kier alpha value is -3.38. The van der Waals surface area contributed by atoms with Gasteiger partial charge in [-0.3, -0.25) is 9.78 Å². The maximum atomic E-state index is 12.6. The van der Waals surface area contributed by atoms with Crippen molar-refractivity contribution in [1.29, 1.82) is 0 Å². The van der Waals surface area contributed by atoms with Gasteiger partial charge >= 0.3 is 0 Å². The van der Waals surface area contributed by atoms with Crippen molar-refractivity contribution in [2.45, 2.75) is 13.0 Å². The third-order valence-electron chi connectivity index (χ3n) is 5.10. The van der Waals surface area contributed by atoms with Crippen LogP contribution in [0.25, 0.3) is 0 Å². The van der Waals surface area contributed by atoms with Gasteiger partial charge in [-0.2, -0.15) is 0 Å². The maximum Gasteiger partial charge on any atom is 0.251 e. The Bertz CT molecular complexity index is 953. The van der Waals surface area contributed by atoms with Crippen molar-refractivity contribution in [1.82, 2.24) is 10.3 Å². The van der Waals surface area contributed by atoms with Gasteiger partial charge in [0.2, 0.25) is 0 Å². The van der Waals surface area contributed by atoms with E-state index in [4.69, 9.17) is 9.47 Å². The molecule has 1 aromatic heterocycles. The summed E-state index contributed by atoms with van der Waals surface area (Å²) in [6, 6.07) is 19.0. The lowest BCUT2D eigenvalue weighted by Crippen LogP contribution is -2.36. The third kappa shape index (κ3) is 4.96. The van der Waals surface area contributed by atoms with Gasteiger partial charge in [-0.25, -0.2) is 0 Å². The molecule has 1 aliphatic heterocycles. The fourth-order valence-corrected chi connectivity index (χ4v) is 3.38. The van der Waals surface area contributed by atoms with E-state index in [1.807, 2.05) is 19.1 Å². The topological polar surface area (TPSA) is 63.7 Å². The monoisotopic (exact) mass is 403 g/mol. The first-order chi connectivity index (χ1) is 14.7. The summed E-state index contributed by atoms with van der Waals surface area (Å²) in [5.41, 5.74) is 2.84. The van der Waals surface area contributed by atoms with Crippen LogP contribution in [0.1, 0.15) is 28.9 Å². The van der Waals surface area contributed by atoms with Gasteiger partial charge in [0.15, 0.2) is 0 Å². The molecule has 1 amide bonds. The van der Waals surface area contributed by atoms with Gasteiger partial charge in [0.05, 0.1) is 25.5 Å². The standard InChI is InChI=1S/C24H25N3O3/c1-18(19-4-8-21(9-5-19)27-13-15-29-16-14-27)26-24(28)20-6-10-22(11-7-20)30-23-3-2-12-25-17-23/h2-12,17-18H,13-16H2,1H3,(H,26,28). The molecule has 1 aliphatic rings. The lowest BCUT2D eigenvalue weighted by molar-refractivity contribution is 0.0940. The molecule has 0 bridgehead atoms. The highest BCUT2D eigenvalue weighted by Gasteiger charge is 2.14. The number of hydrogen-bond donors (Lipinski definition) is 1. The number of aromatic nitrogens is 1. The second kappa shape index (κ2) is 9.41. The SMILES string of the molecule is CC(NC(=O)c1ccc(Oc2cccnc2)cc1)c1ccc(N2CCOCC2)cc1. The zero-order valence-electron chi connectivity index (χ0n) is 17.0. The van der Waals surface area contributed by atoms with Crippen molar-refractivity contribution in [3.05, 3.63) is 84.2 Å². The third-order valence-corrected chi connectivity index (χ3v) is 5.10. The summed E-state index contributed by atoms with van der Waals surface area (Å²) in [5, 5.41) is 3.06. The molecule has 6 heteroatoms. The molecular weight excluding hydrogens is 378 g/mol. The summed E-state index contributed by atoms with van der Waals surface area (Å²) in [4.78, 5) is 19.0. The molecule has 30 heavy (non-hydrogen) atoms. The minimum atomic E-state index is -0.118. The predicted octanol–water partition coefficient (Wildman–Crippen LogP) is 4.20. The fraction of sp³-hybridized carbons (Fsp3) is 0.250. The van der Waals surface area contributed by atoms with E-state index in [1.165, 1.54) is 5.69 Å². The predicted molar refractivity (Wildman–Crippen MR) is 116 cm³/mol. The lowest BCUT2D eigenvalue weighted by atomic mass is 10.1. The quantitative estimate of drug-likeness (QED) is 0.668. The van der Waals surface area contributed by atoms with Crippen LogP contribution in [0.4, 0.5) is 5.69 Å². The number of pyridine rings is 1. The molecule has 3 aromatic rings. The maximum absolute atomic E-state index is 12.6. The molecule has 1 fully saturated rings. The van der Waals surface area contributed by atoms with Crippen LogP contribution < -0.4 is 15.0 Å². The van der Waals surface area contributed by atoms with E-state index in [2.05, 4.69) is 39.5 Å². The molecule has 0 spiro atoms. The first-order valence-electron chi connectivity index (χ1n) is 10.1. The summed E-state index contributed by atoms with van der Waals surface area (Å²) < 4.78 is 11.1. The van der Waals surface area contributed by atoms with E-state index < -0.39 is 0 Å². The van der Waals surface area contributed by atoms with E-state index in [0.717, 1.165) is 31.9 Å². The number of nitrogens with zero attached hydrogens (tertiary/aromatic N) is 2. The summed E-state index contributed by atoms with van der Waals surface area (Å²) >= 11 is 0. The Labute approximate surface area is 176 Å². The van der Waals surface area contributed by atoms with Gasteiger partial charge in [0.1, 0.15) is 11.5 Å². The number of rotatable bonds is 6. The summed E-state index contributed by atoms with van der Waals surface area (Å²) in [5.74, 6) is 1.20. The fourth-order valence-electron chi connectivity index (χ4n) is 3.38. The van der Waals surface area contributed by atoms with Crippen molar-refractivity contribution < 1.29 is 14.3 Å². The Morgan fingerprint density at radius 2 is 1.77 bits per heavy atom. The van der Waals surface area contributed by atoms with Gasteiger partial charge < -0.3 is 19.7 Å². The number of hydrogen-bond acceptors (Lipinski definition) is 5. The van der Waals surface area contributed by atoms with Crippen LogP contribution in [0.2, 0.25) is 0 Å². The van der Waals surface area contributed by atoms with Gasteiger partial charge in [-0.05, 0) is 61.0 Å². The van der Waals surface area contributed by atoms with Gasteiger partial charge in [0.25, 0.3) is 5.91 Å². The number of carbonyl (C=O) groups excluding carboxylic acids is 1. The van der Waals surface area contributed by atoms with Crippen LogP contribution in [0.3, 0.4) is 0 Å². The van der Waals surface area contributed by atoms with E-state index in [0.29, 0.717) is 17.1 Å². The average Bonchev–Trinajstić information content (AvgIpc) is 2.81. The number of amides is 1. The summed E-state index contributed by atoms with van der Waals surface area (Å²) in [6.07, 6.45) is 3.34. The molecule has 0 aliphatic carbocycles. The van der Waals surface area contributed by atoms with Gasteiger partial charge in [0, 0.05) is 30.5 Å². The molecule has 6 nitrogen and oxygen atoms in total. The van der Waals surface area contributed by atoms with Crippen LogP contribution in [0, 0.1) is 0 Å². The Balaban J connectivity index is 1.34. The highest BCUT2D eigenvalue weighted by Crippen LogP contribution is 2.22. The first kappa shape index (κ1) is 19.9. The zero-order valence-corrected chi connectivity index (χ0v) is 17.0. The Morgan fingerprint density at radius 1 is 1.03 bits per heavy atom. The molecule has 0 saturated carbocycles. The number of carbonyl (C=O) groups is 1. The molecule has 2 aromatic carbocycles. The van der Waals surface area contributed by atoms with E-state index in [1.54, 1.807) is 36.7 Å². The van der Waals surface area contributed by atoms with E-state index in [-0.39, 0.29) is 11.9 Å². The first-order valence-corrected chi connectivity index (χ1v) is 10.1. The molecule has 2 heterocycles. The number of nitrogens with one attached hydrogen (secondary N) is 1. The van der Waals surface area contributed by atoms with Crippen LogP contribution in [-0.2, 0) is 4.74 Å². The normalized spacial score (nSPS) is 14.8. The number of benzene rings is 2. The molecule has 1 unspecified atom stereocenters. The molecule has 0 radical (unpaired) electrons. The second-order valence-electron chi connectivity index (χ2n) is 7.20. The summed E-state index contributed by atoms with van der Waals surface area (Å²) in [6.45, 7) is 5.33. The van der Waals surface area contributed by atoms with Crippen LogP contribution >= 0.6 is 0 Å². The van der Waals surface area contributed by atoms with Crippen molar-refractivity contribution in [2.75, 3.05) is 31.2 Å². The van der Waals surface area contributed by atoms with Crippen molar-refractivity contribution in [2.24, 2.45) is 0 Å². The highest BCUT2D eigenvalue weighted by atomic mass is 16.5. The Kier molecular flexibility index (Phi) is 6.25.